The third-order valence-corrected chi connectivity index (χ3v) is 3.22. The van der Waals surface area contributed by atoms with Crippen LogP contribution in [0.2, 0.25) is 0 Å². The minimum absolute atomic E-state index is 0.149. The molecule has 0 saturated carbocycles. The van der Waals surface area contributed by atoms with Gasteiger partial charge >= 0.3 is 6.18 Å². The maximum atomic E-state index is 12.9. The van der Waals surface area contributed by atoms with Crippen molar-refractivity contribution >= 4 is 17.3 Å². The van der Waals surface area contributed by atoms with Gasteiger partial charge in [0.25, 0.3) is 11.6 Å². The molecule has 0 radical (unpaired) electrons. The van der Waals surface area contributed by atoms with Gasteiger partial charge in [-0.05, 0) is 31.2 Å². The minimum Gasteiger partial charge on any atom is -0.481 e. The molecule has 0 heterocycles. The van der Waals surface area contributed by atoms with Crippen molar-refractivity contribution in [1.82, 2.24) is 0 Å². The summed E-state index contributed by atoms with van der Waals surface area (Å²) in [7, 11) is 0. The molecule has 25 heavy (non-hydrogen) atoms. The maximum absolute atomic E-state index is 12.9. The highest BCUT2D eigenvalue weighted by Crippen LogP contribution is 2.34. The predicted octanol–water partition coefficient (Wildman–Crippen LogP) is 4.02. The van der Waals surface area contributed by atoms with Crippen molar-refractivity contribution < 1.29 is 27.6 Å². The van der Waals surface area contributed by atoms with Crippen molar-refractivity contribution in [1.29, 1.82) is 0 Å². The molecule has 2 aromatic rings. The van der Waals surface area contributed by atoms with Gasteiger partial charge in [-0.2, -0.15) is 13.2 Å². The molecule has 0 aromatic heterocycles. The standard InChI is InChI=1S/C16H13F3N2O4/c1-10(25-12-8-6-11(7-9-12)21(23)24)15(22)20-14-5-3-2-4-13(14)16(17,18)19/h2-10H,1H3,(H,20,22). The zero-order valence-corrected chi connectivity index (χ0v) is 12.9. The van der Waals surface area contributed by atoms with Crippen LogP contribution >= 0.6 is 0 Å². The molecule has 9 heteroatoms. The number of non-ortho nitro benzene ring substituents is 1. The van der Waals surface area contributed by atoms with E-state index < -0.39 is 28.7 Å². The van der Waals surface area contributed by atoms with E-state index in [-0.39, 0.29) is 17.1 Å². The number of nitro groups is 1. The Morgan fingerprint density at radius 2 is 1.76 bits per heavy atom. The van der Waals surface area contributed by atoms with Crippen LogP contribution in [0.15, 0.2) is 48.5 Å². The molecule has 0 fully saturated rings. The average Bonchev–Trinajstić information content (AvgIpc) is 2.54. The number of nitrogens with zero attached hydrogens (tertiary/aromatic N) is 1. The second kappa shape index (κ2) is 7.20. The Kier molecular flexibility index (Phi) is 5.26. The molecule has 2 rings (SSSR count). The van der Waals surface area contributed by atoms with E-state index in [4.69, 9.17) is 4.74 Å². The van der Waals surface area contributed by atoms with Gasteiger partial charge in [-0.15, -0.1) is 0 Å². The molecule has 1 unspecified atom stereocenters. The van der Waals surface area contributed by atoms with Crippen molar-refractivity contribution in [2.45, 2.75) is 19.2 Å². The van der Waals surface area contributed by atoms with Gasteiger partial charge in [-0.25, -0.2) is 0 Å². The van der Waals surface area contributed by atoms with Gasteiger partial charge in [0.1, 0.15) is 5.75 Å². The third-order valence-electron chi connectivity index (χ3n) is 3.22. The number of carbonyl (C=O) groups is 1. The summed E-state index contributed by atoms with van der Waals surface area (Å²) in [5.74, 6) is -0.604. The minimum atomic E-state index is -4.60. The van der Waals surface area contributed by atoms with E-state index in [1.165, 1.54) is 43.3 Å². The number of nitro benzene ring substituents is 1. The van der Waals surface area contributed by atoms with E-state index in [1.54, 1.807) is 0 Å². The summed E-state index contributed by atoms with van der Waals surface area (Å²) in [6.07, 6.45) is -5.71. The van der Waals surface area contributed by atoms with Crippen LogP contribution in [0.5, 0.6) is 5.75 Å². The lowest BCUT2D eigenvalue weighted by atomic mass is 10.1. The van der Waals surface area contributed by atoms with E-state index in [1.807, 2.05) is 0 Å². The Hall–Kier alpha value is -3.10. The number of hydrogen-bond acceptors (Lipinski definition) is 4. The number of alkyl halides is 3. The van der Waals surface area contributed by atoms with Gasteiger partial charge in [0.05, 0.1) is 16.2 Å². The molecule has 1 amide bonds. The van der Waals surface area contributed by atoms with Crippen LogP contribution in [0.1, 0.15) is 12.5 Å². The summed E-state index contributed by atoms with van der Waals surface area (Å²) < 4.78 is 44.0. The molecule has 0 aliphatic carbocycles. The van der Waals surface area contributed by atoms with Gasteiger partial charge in [0.15, 0.2) is 6.10 Å². The number of nitrogens with one attached hydrogen (secondary N) is 1. The summed E-state index contributed by atoms with van der Waals surface area (Å²) in [6, 6.07) is 9.56. The van der Waals surface area contributed by atoms with E-state index >= 15 is 0 Å². The van der Waals surface area contributed by atoms with Crippen molar-refractivity contribution in [3.63, 3.8) is 0 Å². The lowest BCUT2D eigenvalue weighted by Crippen LogP contribution is -2.31. The summed E-state index contributed by atoms with van der Waals surface area (Å²) in [5, 5.41) is 12.7. The summed E-state index contributed by atoms with van der Waals surface area (Å²) in [6.45, 7) is 1.35. The highest BCUT2D eigenvalue weighted by atomic mass is 19.4. The second-order valence-electron chi connectivity index (χ2n) is 5.04. The van der Waals surface area contributed by atoms with Crippen molar-refractivity contribution in [3.05, 3.63) is 64.2 Å². The van der Waals surface area contributed by atoms with E-state index in [0.29, 0.717) is 0 Å². The first-order valence-electron chi connectivity index (χ1n) is 7.06. The Labute approximate surface area is 140 Å². The van der Waals surface area contributed by atoms with Crippen molar-refractivity contribution in [2.24, 2.45) is 0 Å². The number of hydrogen-bond donors (Lipinski definition) is 1. The van der Waals surface area contributed by atoms with Gasteiger partial charge in [0, 0.05) is 12.1 Å². The van der Waals surface area contributed by atoms with E-state index in [2.05, 4.69) is 5.32 Å². The number of ether oxygens (including phenoxy) is 1. The molecule has 2 aromatic carbocycles. The smallest absolute Gasteiger partial charge is 0.418 e. The Balaban J connectivity index is 2.07. The quantitative estimate of drug-likeness (QED) is 0.649. The lowest BCUT2D eigenvalue weighted by Gasteiger charge is -2.17. The van der Waals surface area contributed by atoms with Gasteiger partial charge < -0.3 is 10.1 Å². The van der Waals surface area contributed by atoms with Gasteiger partial charge in [0.2, 0.25) is 0 Å². The topological polar surface area (TPSA) is 81.5 Å². The molecule has 6 nitrogen and oxygen atoms in total. The Morgan fingerprint density at radius 3 is 2.32 bits per heavy atom. The van der Waals surface area contributed by atoms with Crippen molar-refractivity contribution in [3.8, 4) is 5.75 Å². The first-order chi connectivity index (χ1) is 11.7. The van der Waals surface area contributed by atoms with E-state index in [0.717, 1.165) is 12.1 Å². The van der Waals surface area contributed by atoms with Crippen LogP contribution in [-0.4, -0.2) is 16.9 Å². The molecule has 0 aliphatic heterocycles. The molecule has 0 saturated heterocycles. The highest BCUT2D eigenvalue weighted by Gasteiger charge is 2.34. The van der Waals surface area contributed by atoms with E-state index in [9.17, 15) is 28.1 Å². The summed E-state index contributed by atoms with van der Waals surface area (Å²) in [4.78, 5) is 22.0. The normalized spacial score (nSPS) is 12.3. The molecule has 132 valence electrons. The number of benzene rings is 2. The number of amides is 1. The van der Waals surface area contributed by atoms with Crippen LogP contribution in [-0.2, 0) is 11.0 Å². The molecule has 0 aliphatic rings. The van der Waals surface area contributed by atoms with Crippen LogP contribution in [0.4, 0.5) is 24.5 Å². The monoisotopic (exact) mass is 354 g/mol. The zero-order chi connectivity index (χ0) is 18.6. The SMILES string of the molecule is CC(Oc1ccc([N+](=O)[O-])cc1)C(=O)Nc1ccccc1C(F)(F)F. The zero-order valence-electron chi connectivity index (χ0n) is 12.9. The molecular formula is C16H13F3N2O4. The fourth-order valence-electron chi connectivity index (χ4n) is 1.98. The van der Waals surface area contributed by atoms with Crippen molar-refractivity contribution in [2.75, 3.05) is 5.32 Å². The first-order valence-corrected chi connectivity index (χ1v) is 7.06. The summed E-state index contributed by atoms with van der Waals surface area (Å²) >= 11 is 0. The second-order valence-corrected chi connectivity index (χ2v) is 5.04. The molecule has 0 spiro atoms. The first kappa shape index (κ1) is 18.2. The number of anilines is 1. The average molecular weight is 354 g/mol. The van der Waals surface area contributed by atoms with Crippen LogP contribution < -0.4 is 10.1 Å². The molecule has 1 atom stereocenters. The Bertz CT molecular complexity index is 776. The number of rotatable bonds is 5. The van der Waals surface area contributed by atoms with Gasteiger partial charge in [-0.1, -0.05) is 12.1 Å². The number of halogens is 3. The van der Waals surface area contributed by atoms with Crippen LogP contribution in [0.25, 0.3) is 0 Å². The molecule has 1 N–H and O–H groups in total. The number of para-hydroxylation sites is 1. The fraction of sp³-hybridized carbons (Fsp3) is 0.188. The maximum Gasteiger partial charge on any atom is 0.418 e. The molecular weight excluding hydrogens is 341 g/mol. The predicted molar refractivity (Wildman–Crippen MR) is 83.3 cm³/mol. The fourth-order valence-corrected chi connectivity index (χ4v) is 1.98. The Morgan fingerprint density at radius 1 is 1.16 bits per heavy atom. The lowest BCUT2D eigenvalue weighted by molar-refractivity contribution is -0.384. The highest BCUT2D eigenvalue weighted by molar-refractivity contribution is 5.94. The summed E-state index contributed by atoms with van der Waals surface area (Å²) in [5.41, 5.74) is -1.49. The third kappa shape index (κ3) is 4.69. The van der Waals surface area contributed by atoms with Crippen LogP contribution in [0, 0.1) is 10.1 Å². The largest absolute Gasteiger partial charge is 0.481 e. The van der Waals surface area contributed by atoms with Gasteiger partial charge in [-0.3, -0.25) is 14.9 Å². The number of carbonyl (C=O) groups excluding carboxylic acids is 1. The molecule has 0 bridgehead atoms. The van der Waals surface area contributed by atoms with Crippen LogP contribution in [0.3, 0.4) is 0 Å².